The van der Waals surface area contributed by atoms with Crippen molar-refractivity contribution < 1.29 is 18.3 Å². The Morgan fingerprint density at radius 2 is 1.71 bits per heavy atom. The quantitative estimate of drug-likeness (QED) is 0.601. The Balaban J connectivity index is 1.60. The van der Waals surface area contributed by atoms with Crippen molar-refractivity contribution in [3.05, 3.63) is 90.0 Å². The molecular formula is C22H20F2N2O2. The summed E-state index contributed by atoms with van der Waals surface area (Å²) in [4.78, 5) is 12.3. The molecule has 0 heterocycles. The molecule has 0 saturated carbocycles. The number of rotatable bonds is 7. The van der Waals surface area contributed by atoms with E-state index in [0.29, 0.717) is 22.7 Å². The van der Waals surface area contributed by atoms with Crippen LogP contribution in [0.3, 0.4) is 0 Å². The molecule has 3 rings (SSSR count). The Morgan fingerprint density at radius 3 is 2.46 bits per heavy atom. The topological polar surface area (TPSA) is 50.4 Å². The number of para-hydroxylation sites is 3. The summed E-state index contributed by atoms with van der Waals surface area (Å²) in [6.07, 6.45) is 0. The SMILES string of the molecule is C[C@@H](NCC(=O)Nc1ccccc1Oc1ccccc1)c1ccc(F)cc1F. The van der Waals surface area contributed by atoms with Gasteiger partial charge < -0.3 is 15.4 Å². The zero-order chi connectivity index (χ0) is 19.9. The molecule has 0 spiro atoms. The number of nitrogens with one attached hydrogen (secondary N) is 2. The van der Waals surface area contributed by atoms with E-state index in [1.54, 1.807) is 25.1 Å². The van der Waals surface area contributed by atoms with Crippen LogP contribution in [0, 0.1) is 11.6 Å². The maximum atomic E-state index is 13.8. The molecule has 28 heavy (non-hydrogen) atoms. The molecule has 144 valence electrons. The van der Waals surface area contributed by atoms with Gasteiger partial charge in [-0.05, 0) is 37.3 Å². The maximum Gasteiger partial charge on any atom is 0.238 e. The standard InChI is InChI=1S/C22H20F2N2O2/c1-15(18-12-11-16(23)13-19(18)24)25-14-22(27)26-20-9-5-6-10-21(20)28-17-7-3-2-4-8-17/h2-13,15,25H,14H2,1H3,(H,26,27)/t15-/m1/s1. The van der Waals surface area contributed by atoms with Crippen LogP contribution in [0.15, 0.2) is 72.8 Å². The van der Waals surface area contributed by atoms with E-state index in [1.807, 2.05) is 36.4 Å². The van der Waals surface area contributed by atoms with Crippen molar-refractivity contribution in [1.29, 1.82) is 0 Å². The van der Waals surface area contributed by atoms with Crippen molar-refractivity contribution in [2.75, 3.05) is 11.9 Å². The molecule has 1 atom stereocenters. The van der Waals surface area contributed by atoms with E-state index >= 15 is 0 Å². The minimum Gasteiger partial charge on any atom is -0.455 e. The fourth-order valence-electron chi connectivity index (χ4n) is 2.68. The lowest BCUT2D eigenvalue weighted by molar-refractivity contribution is -0.115. The van der Waals surface area contributed by atoms with E-state index < -0.39 is 17.7 Å². The van der Waals surface area contributed by atoms with Crippen LogP contribution >= 0.6 is 0 Å². The normalized spacial score (nSPS) is 11.7. The fourth-order valence-corrected chi connectivity index (χ4v) is 2.68. The van der Waals surface area contributed by atoms with Gasteiger partial charge in [-0.2, -0.15) is 0 Å². The number of hydrogen-bond acceptors (Lipinski definition) is 3. The minimum absolute atomic E-state index is 0.0440. The van der Waals surface area contributed by atoms with Crippen LogP contribution in [0.25, 0.3) is 0 Å². The highest BCUT2D eigenvalue weighted by Crippen LogP contribution is 2.29. The highest BCUT2D eigenvalue weighted by Gasteiger charge is 2.14. The predicted molar refractivity (Wildman–Crippen MR) is 104 cm³/mol. The molecular weight excluding hydrogens is 362 g/mol. The zero-order valence-electron chi connectivity index (χ0n) is 15.3. The van der Waals surface area contributed by atoms with E-state index in [1.165, 1.54) is 12.1 Å². The molecule has 0 bridgehead atoms. The minimum atomic E-state index is -0.651. The van der Waals surface area contributed by atoms with Gasteiger partial charge in [0.15, 0.2) is 5.75 Å². The smallest absolute Gasteiger partial charge is 0.238 e. The molecule has 0 aliphatic rings. The second-order valence-corrected chi connectivity index (χ2v) is 6.23. The third-order valence-corrected chi connectivity index (χ3v) is 4.13. The Labute approximate surface area is 162 Å². The fraction of sp³-hybridized carbons (Fsp3) is 0.136. The summed E-state index contributed by atoms with van der Waals surface area (Å²) < 4.78 is 32.7. The summed E-state index contributed by atoms with van der Waals surface area (Å²) in [5.41, 5.74) is 0.820. The van der Waals surface area contributed by atoms with Gasteiger partial charge in [0.1, 0.15) is 17.4 Å². The summed E-state index contributed by atoms with van der Waals surface area (Å²) in [5.74, 6) is -0.427. The van der Waals surface area contributed by atoms with Gasteiger partial charge in [0.05, 0.1) is 12.2 Å². The molecule has 0 aliphatic carbocycles. The van der Waals surface area contributed by atoms with Crippen LogP contribution in [-0.2, 0) is 4.79 Å². The molecule has 0 aromatic heterocycles. The van der Waals surface area contributed by atoms with Crippen LogP contribution in [0.5, 0.6) is 11.5 Å². The predicted octanol–water partition coefficient (Wildman–Crippen LogP) is 5.05. The molecule has 0 fully saturated rings. The van der Waals surface area contributed by atoms with E-state index in [0.717, 1.165) is 6.07 Å². The lowest BCUT2D eigenvalue weighted by Crippen LogP contribution is -2.30. The summed E-state index contributed by atoms with van der Waals surface area (Å²) in [7, 11) is 0. The number of carbonyl (C=O) groups excluding carboxylic acids is 1. The van der Waals surface area contributed by atoms with Crippen molar-refractivity contribution in [3.63, 3.8) is 0 Å². The summed E-state index contributed by atoms with van der Waals surface area (Å²) in [6.45, 7) is 1.66. The molecule has 1 amide bonds. The lowest BCUT2D eigenvalue weighted by Gasteiger charge is -2.16. The van der Waals surface area contributed by atoms with E-state index in [4.69, 9.17) is 4.74 Å². The van der Waals surface area contributed by atoms with Gasteiger partial charge in [-0.25, -0.2) is 8.78 Å². The first-order valence-corrected chi connectivity index (χ1v) is 8.83. The number of halogens is 2. The molecule has 3 aromatic carbocycles. The van der Waals surface area contributed by atoms with Gasteiger partial charge in [-0.15, -0.1) is 0 Å². The highest BCUT2D eigenvalue weighted by atomic mass is 19.1. The molecule has 0 saturated heterocycles. The number of ether oxygens (including phenoxy) is 1. The monoisotopic (exact) mass is 382 g/mol. The van der Waals surface area contributed by atoms with Gasteiger partial charge in [0, 0.05) is 17.7 Å². The van der Waals surface area contributed by atoms with Gasteiger partial charge >= 0.3 is 0 Å². The first kappa shape index (κ1) is 19.5. The van der Waals surface area contributed by atoms with Gasteiger partial charge in [-0.3, -0.25) is 4.79 Å². The summed E-state index contributed by atoms with van der Waals surface area (Å²) in [6, 6.07) is 19.3. The Hall–Kier alpha value is -3.25. The molecule has 4 nitrogen and oxygen atoms in total. The number of amides is 1. The van der Waals surface area contributed by atoms with E-state index in [-0.39, 0.29) is 12.5 Å². The largest absolute Gasteiger partial charge is 0.455 e. The Bertz CT molecular complexity index is 948. The number of benzene rings is 3. The van der Waals surface area contributed by atoms with Crippen LogP contribution in [0.4, 0.5) is 14.5 Å². The molecule has 0 radical (unpaired) electrons. The van der Waals surface area contributed by atoms with Crippen molar-refractivity contribution in [2.45, 2.75) is 13.0 Å². The number of carbonyl (C=O) groups is 1. The Morgan fingerprint density at radius 1 is 1.00 bits per heavy atom. The van der Waals surface area contributed by atoms with E-state index in [9.17, 15) is 13.6 Å². The first-order valence-electron chi connectivity index (χ1n) is 8.83. The zero-order valence-corrected chi connectivity index (χ0v) is 15.3. The van der Waals surface area contributed by atoms with Crippen LogP contribution < -0.4 is 15.4 Å². The van der Waals surface area contributed by atoms with Crippen molar-refractivity contribution in [3.8, 4) is 11.5 Å². The maximum absolute atomic E-state index is 13.8. The lowest BCUT2D eigenvalue weighted by atomic mass is 10.1. The van der Waals surface area contributed by atoms with Crippen molar-refractivity contribution >= 4 is 11.6 Å². The van der Waals surface area contributed by atoms with Gasteiger partial charge in [0.25, 0.3) is 0 Å². The average molecular weight is 382 g/mol. The van der Waals surface area contributed by atoms with Crippen LogP contribution in [0.2, 0.25) is 0 Å². The van der Waals surface area contributed by atoms with Crippen molar-refractivity contribution in [2.24, 2.45) is 0 Å². The molecule has 0 aliphatic heterocycles. The number of hydrogen-bond donors (Lipinski definition) is 2. The van der Waals surface area contributed by atoms with Gasteiger partial charge in [-0.1, -0.05) is 36.4 Å². The summed E-state index contributed by atoms with van der Waals surface area (Å²) in [5, 5.41) is 5.71. The second kappa shape index (κ2) is 9.10. The van der Waals surface area contributed by atoms with Crippen molar-refractivity contribution in [1.82, 2.24) is 5.32 Å². The molecule has 6 heteroatoms. The average Bonchev–Trinajstić information content (AvgIpc) is 2.68. The summed E-state index contributed by atoms with van der Waals surface area (Å²) >= 11 is 0. The third-order valence-electron chi connectivity index (χ3n) is 4.13. The van der Waals surface area contributed by atoms with Crippen LogP contribution in [0.1, 0.15) is 18.5 Å². The van der Waals surface area contributed by atoms with Gasteiger partial charge in [0.2, 0.25) is 5.91 Å². The highest BCUT2D eigenvalue weighted by molar-refractivity contribution is 5.93. The molecule has 0 unspecified atom stereocenters. The van der Waals surface area contributed by atoms with Crippen LogP contribution in [-0.4, -0.2) is 12.5 Å². The van der Waals surface area contributed by atoms with E-state index in [2.05, 4.69) is 10.6 Å². The second-order valence-electron chi connectivity index (χ2n) is 6.23. The molecule has 2 N–H and O–H groups in total. The number of anilines is 1. The molecule has 3 aromatic rings. The Kier molecular flexibility index (Phi) is 6.34. The first-order chi connectivity index (χ1) is 13.5. The third kappa shape index (κ3) is 5.14.